The Balaban J connectivity index is 3.34. The lowest BCUT2D eigenvalue weighted by molar-refractivity contribution is -0.386. The highest BCUT2D eigenvalue weighted by molar-refractivity contribution is 5.56. The lowest BCUT2D eigenvalue weighted by Gasteiger charge is -2.12. The van der Waals surface area contributed by atoms with Gasteiger partial charge in [-0.1, -0.05) is 19.1 Å². The summed E-state index contributed by atoms with van der Waals surface area (Å²) in [6, 6.07) is 2.86. The fourth-order valence-electron chi connectivity index (χ4n) is 1.45. The van der Waals surface area contributed by atoms with Crippen LogP contribution >= 0.6 is 0 Å². The predicted octanol–water partition coefficient (Wildman–Crippen LogP) is 2.02. The van der Waals surface area contributed by atoms with E-state index in [0.717, 1.165) is 0 Å². The number of hydrogen-bond acceptors (Lipinski definition) is 4. The van der Waals surface area contributed by atoms with Crippen molar-refractivity contribution in [2.45, 2.75) is 26.3 Å². The van der Waals surface area contributed by atoms with Crippen LogP contribution in [0.4, 0.5) is 5.69 Å². The molecule has 0 aliphatic rings. The molecule has 5 nitrogen and oxygen atoms in total. The lowest BCUT2D eigenvalue weighted by Crippen LogP contribution is -2.09. The second-order valence-electron chi connectivity index (χ2n) is 3.44. The molecular weight excluding hydrogens is 196 g/mol. The minimum atomic E-state index is -0.587. The molecule has 3 N–H and O–H groups in total. The molecule has 1 rings (SSSR count). The topological polar surface area (TPSA) is 89.4 Å². The number of nitrogens with two attached hydrogens (primary N) is 1. The SMILES string of the molecule is CC[C@@H](N)c1ccc(C)c([N+](=O)[O-])c1O. The smallest absolute Gasteiger partial charge is 0.313 e. The highest BCUT2D eigenvalue weighted by Crippen LogP contribution is 2.36. The first-order valence-electron chi connectivity index (χ1n) is 4.71. The number of nitro benzene ring substituents is 1. The van der Waals surface area contributed by atoms with Gasteiger partial charge in [-0.15, -0.1) is 0 Å². The number of rotatable bonds is 3. The average molecular weight is 210 g/mol. The van der Waals surface area contributed by atoms with E-state index in [0.29, 0.717) is 17.5 Å². The largest absolute Gasteiger partial charge is 0.502 e. The van der Waals surface area contributed by atoms with Crippen molar-refractivity contribution in [3.05, 3.63) is 33.4 Å². The van der Waals surface area contributed by atoms with Crippen molar-refractivity contribution in [3.8, 4) is 5.75 Å². The molecule has 0 saturated heterocycles. The van der Waals surface area contributed by atoms with Gasteiger partial charge < -0.3 is 10.8 Å². The van der Waals surface area contributed by atoms with Gasteiger partial charge in [0, 0.05) is 17.2 Å². The van der Waals surface area contributed by atoms with Crippen molar-refractivity contribution in [1.29, 1.82) is 0 Å². The van der Waals surface area contributed by atoms with Crippen LogP contribution in [-0.2, 0) is 0 Å². The van der Waals surface area contributed by atoms with Crippen LogP contribution in [0.1, 0.15) is 30.5 Å². The van der Waals surface area contributed by atoms with Gasteiger partial charge in [0.25, 0.3) is 0 Å². The molecule has 0 spiro atoms. The number of nitrogens with zero attached hydrogens (tertiary/aromatic N) is 1. The fourth-order valence-corrected chi connectivity index (χ4v) is 1.45. The molecule has 0 amide bonds. The Morgan fingerprint density at radius 3 is 2.67 bits per heavy atom. The molecule has 0 aliphatic carbocycles. The van der Waals surface area contributed by atoms with Gasteiger partial charge in [0.15, 0.2) is 5.75 Å². The maximum absolute atomic E-state index is 10.7. The standard InChI is InChI=1S/C10H14N2O3/c1-3-8(11)7-5-4-6(2)9(10(7)13)12(14)15/h4-5,8,13H,3,11H2,1-2H3/t8-/m1/s1. The molecule has 0 aliphatic heterocycles. The summed E-state index contributed by atoms with van der Waals surface area (Å²) in [5, 5.41) is 20.4. The predicted molar refractivity (Wildman–Crippen MR) is 56.7 cm³/mol. The van der Waals surface area contributed by atoms with Gasteiger partial charge in [0.2, 0.25) is 0 Å². The Labute approximate surface area is 87.7 Å². The summed E-state index contributed by atoms with van der Waals surface area (Å²) in [5.41, 5.74) is 6.34. The lowest BCUT2D eigenvalue weighted by atomic mass is 10.0. The van der Waals surface area contributed by atoms with E-state index in [1.807, 2.05) is 6.92 Å². The first-order valence-corrected chi connectivity index (χ1v) is 4.71. The monoisotopic (exact) mass is 210 g/mol. The molecule has 1 aromatic rings. The van der Waals surface area contributed by atoms with Crippen molar-refractivity contribution in [1.82, 2.24) is 0 Å². The zero-order valence-corrected chi connectivity index (χ0v) is 8.73. The fraction of sp³-hybridized carbons (Fsp3) is 0.400. The van der Waals surface area contributed by atoms with Crippen molar-refractivity contribution >= 4 is 5.69 Å². The molecule has 1 atom stereocenters. The third-order valence-corrected chi connectivity index (χ3v) is 2.41. The molecule has 5 heteroatoms. The van der Waals surface area contributed by atoms with E-state index in [-0.39, 0.29) is 17.5 Å². The highest BCUT2D eigenvalue weighted by Gasteiger charge is 2.22. The Morgan fingerprint density at radius 1 is 1.60 bits per heavy atom. The summed E-state index contributed by atoms with van der Waals surface area (Å²) in [6.07, 6.45) is 0.619. The van der Waals surface area contributed by atoms with Crippen molar-refractivity contribution < 1.29 is 10.0 Å². The third-order valence-electron chi connectivity index (χ3n) is 2.41. The second kappa shape index (κ2) is 4.27. The molecule has 0 radical (unpaired) electrons. The summed E-state index contributed by atoms with van der Waals surface area (Å²) >= 11 is 0. The molecule has 0 unspecified atom stereocenters. The van der Waals surface area contributed by atoms with Crippen molar-refractivity contribution in [2.75, 3.05) is 0 Å². The van der Waals surface area contributed by atoms with Gasteiger partial charge >= 0.3 is 5.69 Å². The van der Waals surface area contributed by atoms with Crippen LogP contribution < -0.4 is 5.73 Å². The molecule has 0 fully saturated rings. The van der Waals surface area contributed by atoms with E-state index in [4.69, 9.17) is 5.73 Å². The van der Waals surface area contributed by atoms with Crippen LogP contribution in [0.3, 0.4) is 0 Å². The summed E-state index contributed by atoms with van der Waals surface area (Å²) < 4.78 is 0. The average Bonchev–Trinajstić information content (AvgIpc) is 2.16. The molecule has 82 valence electrons. The quantitative estimate of drug-likeness (QED) is 0.590. The van der Waals surface area contributed by atoms with Crippen LogP contribution in [-0.4, -0.2) is 10.0 Å². The second-order valence-corrected chi connectivity index (χ2v) is 3.44. The summed E-state index contributed by atoms with van der Waals surface area (Å²) in [7, 11) is 0. The van der Waals surface area contributed by atoms with E-state index < -0.39 is 4.92 Å². The normalized spacial score (nSPS) is 12.5. The highest BCUT2D eigenvalue weighted by atomic mass is 16.6. The van der Waals surface area contributed by atoms with Crippen LogP contribution in [0.2, 0.25) is 0 Å². The Bertz CT molecular complexity index is 390. The van der Waals surface area contributed by atoms with Gasteiger partial charge in [-0.2, -0.15) is 0 Å². The summed E-state index contributed by atoms with van der Waals surface area (Å²) in [4.78, 5) is 10.1. The van der Waals surface area contributed by atoms with E-state index in [1.54, 1.807) is 19.1 Å². The maximum atomic E-state index is 10.7. The van der Waals surface area contributed by atoms with Crippen LogP contribution in [0.25, 0.3) is 0 Å². The zero-order chi connectivity index (χ0) is 11.6. The molecule has 15 heavy (non-hydrogen) atoms. The summed E-state index contributed by atoms with van der Waals surface area (Å²) in [5.74, 6) is -0.311. The number of phenolic OH excluding ortho intramolecular Hbond substituents is 1. The number of benzene rings is 1. The zero-order valence-electron chi connectivity index (χ0n) is 8.73. The number of aryl methyl sites for hydroxylation is 1. The molecule has 0 aromatic heterocycles. The number of hydrogen-bond donors (Lipinski definition) is 2. The van der Waals surface area contributed by atoms with Gasteiger partial charge in [-0.25, -0.2) is 0 Å². The van der Waals surface area contributed by atoms with Crippen LogP contribution in [0.5, 0.6) is 5.75 Å². The van der Waals surface area contributed by atoms with E-state index in [9.17, 15) is 15.2 Å². The Hall–Kier alpha value is -1.62. The maximum Gasteiger partial charge on any atom is 0.313 e. The van der Waals surface area contributed by atoms with Crippen molar-refractivity contribution in [3.63, 3.8) is 0 Å². The first-order chi connectivity index (χ1) is 6.99. The van der Waals surface area contributed by atoms with Crippen LogP contribution in [0, 0.1) is 17.0 Å². The Morgan fingerprint density at radius 2 is 2.20 bits per heavy atom. The van der Waals surface area contributed by atoms with Crippen LogP contribution in [0.15, 0.2) is 12.1 Å². The minimum absolute atomic E-state index is 0.253. The van der Waals surface area contributed by atoms with Gasteiger partial charge in [0.05, 0.1) is 4.92 Å². The minimum Gasteiger partial charge on any atom is -0.502 e. The van der Waals surface area contributed by atoms with E-state index >= 15 is 0 Å². The van der Waals surface area contributed by atoms with Gasteiger partial charge in [-0.05, 0) is 13.3 Å². The molecule has 1 aromatic carbocycles. The van der Waals surface area contributed by atoms with Gasteiger partial charge in [-0.3, -0.25) is 10.1 Å². The van der Waals surface area contributed by atoms with E-state index in [2.05, 4.69) is 0 Å². The molecule has 0 heterocycles. The molecular formula is C10H14N2O3. The number of aromatic hydroxyl groups is 1. The summed E-state index contributed by atoms with van der Waals surface area (Å²) in [6.45, 7) is 3.44. The Kier molecular flexibility index (Phi) is 3.26. The van der Waals surface area contributed by atoms with Gasteiger partial charge in [0.1, 0.15) is 0 Å². The molecule has 0 bridgehead atoms. The van der Waals surface area contributed by atoms with Crippen molar-refractivity contribution in [2.24, 2.45) is 5.73 Å². The number of phenols is 1. The third kappa shape index (κ3) is 2.07. The number of nitro groups is 1. The van der Waals surface area contributed by atoms with E-state index in [1.165, 1.54) is 0 Å². The molecule has 0 saturated carbocycles. The first kappa shape index (κ1) is 11.5.